The van der Waals surface area contributed by atoms with Crippen LogP contribution in [0.4, 0.5) is 5.69 Å². The van der Waals surface area contributed by atoms with Crippen LogP contribution in [0.1, 0.15) is 10.9 Å². The van der Waals surface area contributed by atoms with Crippen LogP contribution in [0.5, 0.6) is 0 Å². The lowest BCUT2D eigenvalue weighted by atomic mass is 10.2. The fourth-order valence-electron chi connectivity index (χ4n) is 2.57. The van der Waals surface area contributed by atoms with Crippen LogP contribution in [-0.4, -0.2) is 29.8 Å². The Morgan fingerprint density at radius 3 is 2.82 bits per heavy atom. The number of thioether (sulfide) groups is 1. The van der Waals surface area contributed by atoms with E-state index in [9.17, 15) is 0 Å². The van der Waals surface area contributed by atoms with Gasteiger partial charge in [0, 0.05) is 50.0 Å². The Morgan fingerprint density at radius 2 is 2.09 bits per heavy atom. The summed E-state index contributed by atoms with van der Waals surface area (Å²) >= 11 is 1.75. The van der Waals surface area contributed by atoms with Crippen LogP contribution in [-0.2, 0) is 14.1 Å². The zero-order valence-electron chi connectivity index (χ0n) is 12.2. The molecule has 1 atom stereocenters. The molecule has 0 saturated carbocycles. The molecule has 4 heterocycles. The Balaban J connectivity index is 1.77. The minimum Gasteiger partial charge on any atom is -0.327 e. The third-order valence-electron chi connectivity index (χ3n) is 3.55. The van der Waals surface area contributed by atoms with Gasteiger partial charge in [-0.2, -0.15) is 15.3 Å². The van der Waals surface area contributed by atoms with Gasteiger partial charge in [-0.3, -0.25) is 14.5 Å². The summed E-state index contributed by atoms with van der Waals surface area (Å²) in [5.41, 5.74) is 4.13. The van der Waals surface area contributed by atoms with E-state index in [1.807, 2.05) is 49.8 Å². The van der Waals surface area contributed by atoms with Gasteiger partial charge in [-0.05, 0) is 5.41 Å². The van der Waals surface area contributed by atoms with Crippen molar-refractivity contribution in [2.75, 3.05) is 4.90 Å². The standard InChI is InChI=1S/C14H15N7S/c1-19-8-11(7-17-19)13-12(9-20(2)18-13)21-3-4-22-14(21)10-5-15-16-6-10/h3-9,14H,1-2H3,(H,15,16). The van der Waals surface area contributed by atoms with Crippen LogP contribution in [0, 0.1) is 0 Å². The Hall–Kier alpha value is -2.48. The quantitative estimate of drug-likeness (QED) is 0.803. The van der Waals surface area contributed by atoms with Crippen molar-refractivity contribution < 1.29 is 0 Å². The third-order valence-corrected chi connectivity index (χ3v) is 4.59. The lowest BCUT2D eigenvalue weighted by molar-refractivity contribution is 0.766. The number of H-pyrrole nitrogens is 1. The van der Waals surface area contributed by atoms with Gasteiger partial charge in [0.2, 0.25) is 0 Å². The first-order chi connectivity index (χ1) is 10.7. The maximum atomic E-state index is 4.61. The Morgan fingerprint density at radius 1 is 1.18 bits per heavy atom. The number of hydrogen-bond acceptors (Lipinski definition) is 5. The molecular formula is C14H15N7S. The first-order valence-electron chi connectivity index (χ1n) is 6.84. The second-order valence-electron chi connectivity index (χ2n) is 5.15. The van der Waals surface area contributed by atoms with Crippen molar-refractivity contribution in [3.63, 3.8) is 0 Å². The fraction of sp³-hybridized carbons (Fsp3) is 0.214. The summed E-state index contributed by atoms with van der Waals surface area (Å²) < 4.78 is 3.62. The number of aromatic amines is 1. The highest BCUT2D eigenvalue weighted by atomic mass is 32.2. The van der Waals surface area contributed by atoms with Crippen LogP contribution in [0.2, 0.25) is 0 Å². The van der Waals surface area contributed by atoms with E-state index in [1.165, 1.54) is 0 Å². The molecule has 1 aliphatic heterocycles. The summed E-state index contributed by atoms with van der Waals surface area (Å²) in [6, 6.07) is 0. The topological polar surface area (TPSA) is 67.6 Å². The van der Waals surface area contributed by atoms with E-state index in [4.69, 9.17) is 0 Å². The van der Waals surface area contributed by atoms with Gasteiger partial charge in [-0.15, -0.1) is 11.8 Å². The average Bonchev–Trinajstić information content (AvgIpc) is 3.24. The zero-order valence-corrected chi connectivity index (χ0v) is 13.0. The molecule has 7 nitrogen and oxygen atoms in total. The summed E-state index contributed by atoms with van der Waals surface area (Å²) in [4.78, 5) is 2.21. The lowest BCUT2D eigenvalue weighted by Crippen LogP contribution is -2.16. The molecule has 0 amide bonds. The monoisotopic (exact) mass is 313 g/mol. The van der Waals surface area contributed by atoms with E-state index in [1.54, 1.807) is 16.4 Å². The first kappa shape index (κ1) is 13.2. The molecular weight excluding hydrogens is 298 g/mol. The molecule has 1 aliphatic rings. The number of hydrogen-bond donors (Lipinski definition) is 1. The molecule has 22 heavy (non-hydrogen) atoms. The molecule has 4 rings (SSSR count). The molecule has 3 aromatic heterocycles. The van der Waals surface area contributed by atoms with Gasteiger partial charge in [0.15, 0.2) is 0 Å². The van der Waals surface area contributed by atoms with Crippen molar-refractivity contribution in [1.82, 2.24) is 29.8 Å². The van der Waals surface area contributed by atoms with Gasteiger partial charge in [-0.25, -0.2) is 0 Å². The third kappa shape index (κ3) is 2.12. The minimum absolute atomic E-state index is 0.165. The molecule has 3 aromatic rings. The molecule has 0 fully saturated rings. The molecule has 0 aromatic carbocycles. The maximum absolute atomic E-state index is 4.61. The van der Waals surface area contributed by atoms with Gasteiger partial charge >= 0.3 is 0 Å². The average molecular weight is 313 g/mol. The van der Waals surface area contributed by atoms with Gasteiger partial charge in [-0.1, -0.05) is 0 Å². The van der Waals surface area contributed by atoms with Crippen molar-refractivity contribution >= 4 is 17.4 Å². The lowest BCUT2D eigenvalue weighted by Gasteiger charge is -2.23. The molecule has 1 unspecified atom stereocenters. The Bertz CT molecular complexity index is 814. The summed E-state index contributed by atoms with van der Waals surface area (Å²) in [6.07, 6.45) is 11.7. The van der Waals surface area contributed by atoms with E-state index in [0.29, 0.717) is 0 Å². The minimum atomic E-state index is 0.165. The smallest absolute Gasteiger partial charge is 0.119 e. The molecule has 0 aliphatic carbocycles. The normalized spacial score (nSPS) is 17.5. The Labute approximate surface area is 131 Å². The van der Waals surface area contributed by atoms with E-state index in [-0.39, 0.29) is 5.37 Å². The molecule has 0 saturated heterocycles. The molecule has 0 radical (unpaired) electrons. The van der Waals surface area contributed by atoms with Crippen LogP contribution in [0.25, 0.3) is 11.3 Å². The number of nitrogens with one attached hydrogen (secondary N) is 1. The van der Waals surface area contributed by atoms with Crippen LogP contribution in [0.15, 0.2) is 42.6 Å². The van der Waals surface area contributed by atoms with Crippen molar-refractivity contribution in [3.05, 3.63) is 48.2 Å². The number of aryl methyl sites for hydroxylation is 2. The molecule has 0 bridgehead atoms. The van der Waals surface area contributed by atoms with E-state index < -0.39 is 0 Å². The van der Waals surface area contributed by atoms with Crippen LogP contribution < -0.4 is 4.90 Å². The highest BCUT2D eigenvalue weighted by Gasteiger charge is 2.28. The van der Waals surface area contributed by atoms with Crippen LogP contribution >= 0.6 is 11.8 Å². The van der Waals surface area contributed by atoms with Crippen LogP contribution in [0.3, 0.4) is 0 Å². The fourth-order valence-corrected chi connectivity index (χ4v) is 3.53. The number of rotatable bonds is 3. The van der Waals surface area contributed by atoms with E-state index >= 15 is 0 Å². The molecule has 112 valence electrons. The van der Waals surface area contributed by atoms with Gasteiger partial charge < -0.3 is 4.90 Å². The largest absolute Gasteiger partial charge is 0.327 e. The number of anilines is 1. The maximum Gasteiger partial charge on any atom is 0.119 e. The SMILES string of the molecule is Cn1cc(-c2nn(C)cc2N2C=CSC2c2cn[nH]c2)cn1. The Kier molecular flexibility index (Phi) is 3.04. The highest BCUT2D eigenvalue weighted by molar-refractivity contribution is 8.02. The predicted molar refractivity (Wildman–Crippen MR) is 85.9 cm³/mol. The van der Waals surface area contributed by atoms with E-state index in [2.05, 4.69) is 36.9 Å². The zero-order chi connectivity index (χ0) is 15.1. The molecule has 1 N–H and O–H groups in total. The van der Waals surface area contributed by atoms with Gasteiger partial charge in [0.1, 0.15) is 11.1 Å². The highest BCUT2D eigenvalue weighted by Crippen LogP contribution is 2.44. The second kappa shape index (κ2) is 5.06. The van der Waals surface area contributed by atoms with Gasteiger partial charge in [0.05, 0.1) is 18.1 Å². The van der Waals surface area contributed by atoms with E-state index in [0.717, 1.165) is 22.5 Å². The van der Waals surface area contributed by atoms with Crippen molar-refractivity contribution in [1.29, 1.82) is 0 Å². The van der Waals surface area contributed by atoms with Crippen molar-refractivity contribution in [2.45, 2.75) is 5.37 Å². The van der Waals surface area contributed by atoms with Crippen molar-refractivity contribution in [2.24, 2.45) is 14.1 Å². The molecule has 8 heteroatoms. The predicted octanol–water partition coefficient (Wildman–Crippen LogP) is 2.27. The summed E-state index contributed by atoms with van der Waals surface area (Å²) in [6.45, 7) is 0. The van der Waals surface area contributed by atoms with Gasteiger partial charge in [0.25, 0.3) is 0 Å². The summed E-state index contributed by atoms with van der Waals surface area (Å²) in [5.74, 6) is 0. The summed E-state index contributed by atoms with van der Waals surface area (Å²) in [7, 11) is 3.84. The first-order valence-corrected chi connectivity index (χ1v) is 7.78. The molecule has 0 spiro atoms. The van der Waals surface area contributed by atoms with Crippen molar-refractivity contribution in [3.8, 4) is 11.3 Å². The number of nitrogens with zero attached hydrogens (tertiary/aromatic N) is 6. The summed E-state index contributed by atoms with van der Waals surface area (Å²) in [5, 5.41) is 18.1. The second-order valence-corrected chi connectivity index (χ2v) is 6.14. The number of aromatic nitrogens is 6.